The van der Waals surface area contributed by atoms with E-state index in [4.69, 9.17) is 17.3 Å². The van der Waals surface area contributed by atoms with Crippen molar-refractivity contribution >= 4 is 28.3 Å². The van der Waals surface area contributed by atoms with E-state index < -0.39 is 16.7 Å². The zero-order valence-electron chi connectivity index (χ0n) is 12.3. The highest BCUT2D eigenvalue weighted by Gasteiger charge is 2.20. The van der Waals surface area contributed by atoms with Gasteiger partial charge >= 0.3 is 0 Å². The van der Waals surface area contributed by atoms with Gasteiger partial charge in [-0.05, 0) is 42.9 Å². The Balaban J connectivity index is 2.14. The third kappa shape index (κ3) is 4.30. The van der Waals surface area contributed by atoms with Gasteiger partial charge in [-0.3, -0.25) is 9.00 Å². The summed E-state index contributed by atoms with van der Waals surface area (Å²) < 4.78 is 12.0. The summed E-state index contributed by atoms with van der Waals surface area (Å²) in [5.41, 5.74) is 7.21. The fourth-order valence-electron chi connectivity index (χ4n) is 2.96. The molecule has 0 saturated heterocycles. The van der Waals surface area contributed by atoms with Gasteiger partial charge in [-0.2, -0.15) is 0 Å². The molecular formula is C16H22ClNO2S. The predicted octanol–water partition coefficient (Wildman–Crippen LogP) is 3.68. The molecule has 2 N–H and O–H groups in total. The molecule has 0 aliphatic heterocycles. The van der Waals surface area contributed by atoms with E-state index in [-0.39, 0.29) is 11.0 Å². The Morgan fingerprint density at radius 1 is 1.38 bits per heavy atom. The first-order chi connectivity index (χ1) is 9.99. The molecule has 1 aliphatic rings. The summed E-state index contributed by atoms with van der Waals surface area (Å²) in [4.78, 5) is 10.9. The standard InChI is InChI=1S/C16H22ClNO2S/c1-11(21(20)10-16(18)19)13-7-8-14(15(17)9-13)12-5-3-2-4-6-12/h7-9,11-12H,2-6,10H2,1H3,(H2,18,19). The molecular weight excluding hydrogens is 306 g/mol. The number of carbonyl (C=O) groups is 1. The van der Waals surface area contributed by atoms with E-state index in [1.54, 1.807) is 0 Å². The molecule has 1 aliphatic carbocycles. The molecule has 2 rings (SSSR count). The zero-order valence-corrected chi connectivity index (χ0v) is 13.9. The first kappa shape index (κ1) is 16.5. The summed E-state index contributed by atoms with van der Waals surface area (Å²) in [7, 11) is -1.30. The van der Waals surface area contributed by atoms with Gasteiger partial charge < -0.3 is 5.73 Å². The second-order valence-electron chi connectivity index (χ2n) is 5.75. The van der Waals surface area contributed by atoms with Gasteiger partial charge in [0.2, 0.25) is 5.91 Å². The lowest BCUT2D eigenvalue weighted by atomic mass is 9.84. The van der Waals surface area contributed by atoms with E-state index in [1.807, 2.05) is 19.1 Å². The quantitative estimate of drug-likeness (QED) is 0.896. The van der Waals surface area contributed by atoms with E-state index in [0.717, 1.165) is 10.6 Å². The molecule has 0 heterocycles. The normalized spacial score (nSPS) is 19.1. The third-order valence-electron chi connectivity index (χ3n) is 4.22. The number of hydrogen-bond acceptors (Lipinski definition) is 2. The van der Waals surface area contributed by atoms with Crippen LogP contribution in [0.15, 0.2) is 18.2 Å². The zero-order chi connectivity index (χ0) is 15.4. The number of carbonyl (C=O) groups excluding carboxylic acids is 1. The van der Waals surface area contributed by atoms with Gasteiger partial charge in [0.05, 0.1) is 5.25 Å². The second kappa shape index (κ2) is 7.41. The summed E-state index contributed by atoms with van der Waals surface area (Å²) in [5.74, 6) is -0.0970. The van der Waals surface area contributed by atoms with Crippen molar-refractivity contribution in [1.82, 2.24) is 0 Å². The number of nitrogens with two attached hydrogens (primary N) is 1. The van der Waals surface area contributed by atoms with Crippen molar-refractivity contribution in [2.45, 2.75) is 50.2 Å². The van der Waals surface area contributed by atoms with Crippen LogP contribution in [0.3, 0.4) is 0 Å². The van der Waals surface area contributed by atoms with Gasteiger partial charge in [0, 0.05) is 15.8 Å². The van der Waals surface area contributed by atoms with Crippen molar-refractivity contribution in [3.63, 3.8) is 0 Å². The summed E-state index contributed by atoms with van der Waals surface area (Å²) in [6.07, 6.45) is 6.24. The van der Waals surface area contributed by atoms with Crippen molar-refractivity contribution in [3.05, 3.63) is 34.3 Å². The smallest absolute Gasteiger partial charge is 0.230 e. The van der Waals surface area contributed by atoms with Crippen LogP contribution in [0, 0.1) is 0 Å². The maximum Gasteiger partial charge on any atom is 0.230 e. The topological polar surface area (TPSA) is 60.2 Å². The average Bonchev–Trinajstić information content (AvgIpc) is 2.46. The molecule has 3 nitrogen and oxygen atoms in total. The number of halogens is 1. The summed E-state index contributed by atoms with van der Waals surface area (Å²) >= 11 is 6.43. The molecule has 1 amide bonds. The highest BCUT2D eigenvalue weighted by atomic mass is 35.5. The van der Waals surface area contributed by atoms with Gasteiger partial charge in [0.1, 0.15) is 5.75 Å². The van der Waals surface area contributed by atoms with Gasteiger partial charge in [0.15, 0.2) is 0 Å². The summed E-state index contributed by atoms with van der Waals surface area (Å²) in [6.45, 7) is 1.84. The second-order valence-corrected chi connectivity index (χ2v) is 7.91. The summed E-state index contributed by atoms with van der Waals surface area (Å²) in [5, 5.41) is 0.512. The maximum atomic E-state index is 12.0. The van der Waals surface area contributed by atoms with E-state index in [9.17, 15) is 9.00 Å². The van der Waals surface area contributed by atoms with Crippen molar-refractivity contribution < 1.29 is 9.00 Å². The molecule has 1 aromatic carbocycles. The molecule has 2 unspecified atom stereocenters. The molecule has 116 valence electrons. The van der Waals surface area contributed by atoms with Gasteiger partial charge in [-0.25, -0.2) is 0 Å². The number of amides is 1. The number of primary amides is 1. The molecule has 1 fully saturated rings. The van der Waals surface area contributed by atoms with Crippen molar-refractivity contribution in [1.29, 1.82) is 0 Å². The molecule has 1 saturated carbocycles. The fourth-order valence-corrected chi connectivity index (χ4v) is 4.28. The van der Waals surface area contributed by atoms with Crippen LogP contribution in [-0.4, -0.2) is 15.9 Å². The van der Waals surface area contributed by atoms with E-state index in [0.29, 0.717) is 5.92 Å². The molecule has 2 atom stereocenters. The van der Waals surface area contributed by atoms with Crippen LogP contribution in [0.1, 0.15) is 61.3 Å². The van der Waals surface area contributed by atoms with Crippen molar-refractivity contribution in [2.75, 3.05) is 5.75 Å². The maximum absolute atomic E-state index is 12.0. The Morgan fingerprint density at radius 2 is 2.05 bits per heavy atom. The van der Waals surface area contributed by atoms with Crippen LogP contribution in [0.5, 0.6) is 0 Å². The van der Waals surface area contributed by atoms with E-state index >= 15 is 0 Å². The van der Waals surface area contributed by atoms with Crippen LogP contribution < -0.4 is 5.73 Å². The minimum Gasteiger partial charge on any atom is -0.369 e. The van der Waals surface area contributed by atoms with Crippen molar-refractivity contribution in [2.24, 2.45) is 5.73 Å². The largest absolute Gasteiger partial charge is 0.369 e. The van der Waals surface area contributed by atoms with Crippen LogP contribution in [0.2, 0.25) is 5.02 Å². The molecule has 0 bridgehead atoms. The summed E-state index contributed by atoms with van der Waals surface area (Å²) in [6, 6.07) is 5.94. The van der Waals surface area contributed by atoms with Gasteiger partial charge in [-0.15, -0.1) is 0 Å². The number of rotatable bonds is 5. The highest BCUT2D eigenvalue weighted by Crippen LogP contribution is 2.37. The lowest BCUT2D eigenvalue weighted by Gasteiger charge is -2.23. The fraction of sp³-hybridized carbons (Fsp3) is 0.562. The Labute approximate surface area is 133 Å². The predicted molar refractivity (Wildman–Crippen MR) is 87.9 cm³/mol. The highest BCUT2D eigenvalue weighted by molar-refractivity contribution is 7.86. The molecule has 0 radical (unpaired) electrons. The Hall–Kier alpha value is -0.870. The lowest BCUT2D eigenvalue weighted by Crippen LogP contribution is -2.21. The molecule has 21 heavy (non-hydrogen) atoms. The van der Waals surface area contributed by atoms with Crippen LogP contribution >= 0.6 is 11.6 Å². The lowest BCUT2D eigenvalue weighted by molar-refractivity contribution is -0.115. The molecule has 1 aromatic rings. The van der Waals surface area contributed by atoms with Gasteiger partial charge in [0.25, 0.3) is 0 Å². The van der Waals surface area contributed by atoms with Crippen LogP contribution in [0.4, 0.5) is 0 Å². The Morgan fingerprint density at radius 3 is 2.62 bits per heavy atom. The average molecular weight is 328 g/mol. The number of benzene rings is 1. The first-order valence-corrected chi connectivity index (χ1v) is 9.20. The van der Waals surface area contributed by atoms with Crippen LogP contribution in [-0.2, 0) is 15.6 Å². The minimum absolute atomic E-state index is 0.108. The number of hydrogen-bond donors (Lipinski definition) is 1. The Bertz CT molecular complexity index is 541. The van der Waals surface area contributed by atoms with Crippen molar-refractivity contribution in [3.8, 4) is 0 Å². The molecule has 5 heteroatoms. The molecule has 0 aromatic heterocycles. The van der Waals surface area contributed by atoms with Gasteiger partial charge in [-0.1, -0.05) is 43.0 Å². The molecule has 0 spiro atoms. The first-order valence-electron chi connectivity index (χ1n) is 7.44. The monoisotopic (exact) mass is 327 g/mol. The minimum atomic E-state index is -1.30. The SMILES string of the molecule is CC(c1ccc(C2CCCCC2)c(Cl)c1)S(=O)CC(N)=O. The Kier molecular flexibility index (Phi) is 5.82. The third-order valence-corrected chi connectivity index (χ3v) is 6.17. The van der Waals surface area contributed by atoms with Crippen LogP contribution in [0.25, 0.3) is 0 Å². The van der Waals surface area contributed by atoms with E-state index in [1.165, 1.54) is 37.7 Å². The van der Waals surface area contributed by atoms with E-state index in [2.05, 4.69) is 6.07 Å².